The SMILES string of the molecule is C(=C\c1cccc(-c2ccccc2-c2ccc(-c3ccccc3)cc2)c1)/c1ccccc1. The normalized spacial score (nSPS) is 11.0. The molecule has 0 unspecified atom stereocenters. The summed E-state index contributed by atoms with van der Waals surface area (Å²) in [7, 11) is 0. The van der Waals surface area contributed by atoms with Gasteiger partial charge in [-0.1, -0.05) is 140 Å². The first kappa shape index (κ1) is 19.8. The van der Waals surface area contributed by atoms with Gasteiger partial charge in [0.15, 0.2) is 0 Å². The van der Waals surface area contributed by atoms with Gasteiger partial charge in [-0.3, -0.25) is 0 Å². The van der Waals surface area contributed by atoms with E-state index in [0.29, 0.717) is 0 Å². The quantitative estimate of drug-likeness (QED) is 0.255. The Hall–Kier alpha value is -4.16. The van der Waals surface area contributed by atoms with Gasteiger partial charge in [0.2, 0.25) is 0 Å². The highest BCUT2D eigenvalue weighted by Gasteiger charge is 2.08. The lowest BCUT2D eigenvalue weighted by Crippen LogP contribution is -1.86. The third kappa shape index (κ3) is 4.45. The Labute approximate surface area is 190 Å². The van der Waals surface area contributed by atoms with E-state index >= 15 is 0 Å². The van der Waals surface area contributed by atoms with E-state index in [9.17, 15) is 0 Å². The second-order valence-electron chi connectivity index (χ2n) is 7.86. The molecule has 0 bridgehead atoms. The summed E-state index contributed by atoms with van der Waals surface area (Å²) in [5.74, 6) is 0. The fraction of sp³-hybridized carbons (Fsp3) is 0. The molecule has 0 saturated heterocycles. The molecule has 0 spiro atoms. The van der Waals surface area contributed by atoms with Crippen molar-refractivity contribution < 1.29 is 0 Å². The molecule has 152 valence electrons. The molecular formula is C32H24. The first-order valence-corrected chi connectivity index (χ1v) is 11.0. The minimum Gasteiger partial charge on any atom is -0.0622 e. The molecule has 0 aliphatic heterocycles. The van der Waals surface area contributed by atoms with Crippen LogP contribution in [0.2, 0.25) is 0 Å². The van der Waals surface area contributed by atoms with Crippen LogP contribution in [0.1, 0.15) is 11.1 Å². The van der Waals surface area contributed by atoms with Gasteiger partial charge in [0.1, 0.15) is 0 Å². The molecule has 0 aliphatic rings. The molecule has 0 aliphatic carbocycles. The van der Waals surface area contributed by atoms with Gasteiger partial charge in [-0.2, -0.15) is 0 Å². The standard InChI is InChI=1S/C32H24/c1-3-10-25(11-4-1)18-19-26-12-9-15-30(24-26)32-17-8-7-16-31(32)29-22-20-28(21-23-29)27-13-5-2-6-14-27/h1-24H/b19-18+. The molecular weight excluding hydrogens is 384 g/mol. The molecule has 0 saturated carbocycles. The Balaban J connectivity index is 1.47. The summed E-state index contributed by atoms with van der Waals surface area (Å²) in [4.78, 5) is 0. The number of rotatable bonds is 5. The minimum atomic E-state index is 1.19. The van der Waals surface area contributed by atoms with Crippen molar-refractivity contribution in [2.45, 2.75) is 0 Å². The zero-order valence-electron chi connectivity index (χ0n) is 17.9. The smallest absolute Gasteiger partial charge is 0.0105 e. The highest BCUT2D eigenvalue weighted by molar-refractivity contribution is 5.85. The highest BCUT2D eigenvalue weighted by Crippen LogP contribution is 2.33. The van der Waals surface area contributed by atoms with Crippen molar-refractivity contribution in [2.24, 2.45) is 0 Å². The lowest BCUT2D eigenvalue weighted by molar-refractivity contribution is 1.56. The molecule has 0 radical (unpaired) electrons. The van der Waals surface area contributed by atoms with Crippen LogP contribution in [0.3, 0.4) is 0 Å². The van der Waals surface area contributed by atoms with Gasteiger partial charge in [0.25, 0.3) is 0 Å². The maximum absolute atomic E-state index is 2.26. The van der Waals surface area contributed by atoms with E-state index in [1.165, 1.54) is 44.5 Å². The van der Waals surface area contributed by atoms with E-state index in [4.69, 9.17) is 0 Å². The van der Waals surface area contributed by atoms with Crippen molar-refractivity contribution in [3.63, 3.8) is 0 Å². The van der Waals surface area contributed by atoms with Crippen LogP contribution in [-0.2, 0) is 0 Å². The molecule has 0 atom stereocenters. The van der Waals surface area contributed by atoms with Gasteiger partial charge in [-0.05, 0) is 50.6 Å². The predicted octanol–water partition coefficient (Wildman–Crippen LogP) is 8.86. The van der Waals surface area contributed by atoms with E-state index < -0.39 is 0 Å². The topological polar surface area (TPSA) is 0 Å². The second kappa shape index (κ2) is 9.32. The summed E-state index contributed by atoms with van der Waals surface area (Å²) < 4.78 is 0. The maximum atomic E-state index is 2.26. The fourth-order valence-corrected chi connectivity index (χ4v) is 4.03. The van der Waals surface area contributed by atoms with Gasteiger partial charge in [0, 0.05) is 0 Å². The Bertz CT molecular complexity index is 1330. The van der Waals surface area contributed by atoms with Crippen molar-refractivity contribution >= 4 is 12.2 Å². The summed E-state index contributed by atoms with van der Waals surface area (Å²) in [6.45, 7) is 0. The lowest BCUT2D eigenvalue weighted by atomic mass is 9.92. The Kier molecular flexibility index (Phi) is 5.76. The van der Waals surface area contributed by atoms with E-state index in [2.05, 4.69) is 140 Å². The van der Waals surface area contributed by atoms with Crippen LogP contribution in [0, 0.1) is 0 Å². The van der Waals surface area contributed by atoms with Crippen LogP contribution in [-0.4, -0.2) is 0 Å². The van der Waals surface area contributed by atoms with Gasteiger partial charge >= 0.3 is 0 Å². The van der Waals surface area contributed by atoms with Gasteiger partial charge in [0.05, 0.1) is 0 Å². The van der Waals surface area contributed by atoms with Crippen molar-refractivity contribution in [3.8, 4) is 33.4 Å². The van der Waals surface area contributed by atoms with Gasteiger partial charge in [-0.25, -0.2) is 0 Å². The molecule has 32 heavy (non-hydrogen) atoms. The monoisotopic (exact) mass is 408 g/mol. The van der Waals surface area contributed by atoms with Crippen LogP contribution in [0.15, 0.2) is 133 Å². The summed E-state index contributed by atoms with van der Waals surface area (Å²) in [5, 5.41) is 0. The van der Waals surface area contributed by atoms with E-state index in [0.717, 1.165) is 0 Å². The first-order chi connectivity index (χ1) is 15.9. The van der Waals surface area contributed by atoms with Crippen LogP contribution in [0.5, 0.6) is 0 Å². The second-order valence-corrected chi connectivity index (χ2v) is 7.86. The maximum Gasteiger partial charge on any atom is -0.0105 e. The van der Waals surface area contributed by atoms with E-state index in [1.54, 1.807) is 0 Å². The molecule has 0 N–H and O–H groups in total. The fourth-order valence-electron chi connectivity index (χ4n) is 4.03. The van der Waals surface area contributed by atoms with E-state index in [-0.39, 0.29) is 0 Å². The number of hydrogen-bond donors (Lipinski definition) is 0. The molecule has 0 amide bonds. The third-order valence-electron chi connectivity index (χ3n) is 5.70. The highest BCUT2D eigenvalue weighted by atomic mass is 14.1. The van der Waals surface area contributed by atoms with Crippen molar-refractivity contribution in [2.75, 3.05) is 0 Å². The van der Waals surface area contributed by atoms with E-state index in [1.807, 2.05) is 6.07 Å². The summed E-state index contributed by atoms with van der Waals surface area (Å²) in [5.41, 5.74) is 9.82. The average molecular weight is 409 g/mol. The van der Waals surface area contributed by atoms with Crippen molar-refractivity contribution in [1.82, 2.24) is 0 Å². The average Bonchev–Trinajstić information content (AvgIpc) is 2.89. The van der Waals surface area contributed by atoms with Crippen LogP contribution < -0.4 is 0 Å². The Morgan fingerprint density at radius 3 is 1.50 bits per heavy atom. The molecule has 0 heteroatoms. The third-order valence-corrected chi connectivity index (χ3v) is 5.70. The summed E-state index contributed by atoms with van der Waals surface area (Å²) >= 11 is 0. The molecule has 0 nitrogen and oxygen atoms in total. The molecule has 5 aromatic rings. The zero-order chi connectivity index (χ0) is 21.6. The summed E-state index contributed by atoms with van der Waals surface area (Å²) in [6, 6.07) is 47.2. The Morgan fingerprint density at radius 1 is 0.312 bits per heavy atom. The molecule has 0 fully saturated rings. The van der Waals surface area contributed by atoms with Crippen LogP contribution in [0.25, 0.3) is 45.5 Å². The van der Waals surface area contributed by atoms with Crippen LogP contribution in [0.4, 0.5) is 0 Å². The zero-order valence-corrected chi connectivity index (χ0v) is 17.9. The molecule has 0 aromatic heterocycles. The first-order valence-electron chi connectivity index (χ1n) is 11.0. The summed E-state index contributed by atoms with van der Waals surface area (Å²) in [6.07, 6.45) is 4.34. The van der Waals surface area contributed by atoms with Gasteiger partial charge < -0.3 is 0 Å². The predicted molar refractivity (Wildman–Crippen MR) is 138 cm³/mol. The molecule has 0 heterocycles. The number of hydrogen-bond acceptors (Lipinski definition) is 0. The Morgan fingerprint density at radius 2 is 0.781 bits per heavy atom. The minimum absolute atomic E-state index is 1.19. The largest absolute Gasteiger partial charge is 0.0622 e. The molecule has 5 rings (SSSR count). The molecule has 5 aromatic carbocycles. The van der Waals surface area contributed by atoms with Crippen molar-refractivity contribution in [3.05, 3.63) is 145 Å². The van der Waals surface area contributed by atoms with Crippen LogP contribution >= 0.6 is 0 Å². The van der Waals surface area contributed by atoms with Crippen molar-refractivity contribution in [1.29, 1.82) is 0 Å². The van der Waals surface area contributed by atoms with Gasteiger partial charge in [-0.15, -0.1) is 0 Å². The lowest BCUT2D eigenvalue weighted by Gasteiger charge is -2.12. The number of benzene rings is 5.